The van der Waals surface area contributed by atoms with Crippen molar-refractivity contribution in [1.29, 1.82) is 0 Å². The normalized spacial score (nSPS) is 13.5. The fourth-order valence-electron chi connectivity index (χ4n) is 3.24. The Morgan fingerprint density at radius 1 is 0.824 bits per heavy atom. The number of amides is 3. The van der Waals surface area contributed by atoms with E-state index in [9.17, 15) is 14.4 Å². The highest BCUT2D eigenvalue weighted by Gasteiger charge is 2.39. The molecule has 0 bridgehead atoms. The van der Waals surface area contributed by atoms with E-state index in [0.717, 1.165) is 10.5 Å². The summed E-state index contributed by atoms with van der Waals surface area (Å²) in [4.78, 5) is 39.0. The van der Waals surface area contributed by atoms with Gasteiger partial charge in [-0.25, -0.2) is 4.90 Å². The van der Waals surface area contributed by atoms with E-state index in [1.54, 1.807) is 36.4 Å². The number of hydrogen-bond donors (Lipinski definition) is 2. The molecule has 0 aliphatic carbocycles. The van der Waals surface area contributed by atoms with Crippen LogP contribution < -0.4 is 15.5 Å². The molecule has 0 unspecified atom stereocenters. The maximum absolute atomic E-state index is 12.9. The molecule has 2 N–H and O–H groups in total. The number of carbonyl (C=O) groups excluding carboxylic acids is 3. The second kappa shape index (κ2) is 9.68. The van der Waals surface area contributed by atoms with Crippen LogP contribution in [0.25, 0.3) is 0 Å². The highest BCUT2D eigenvalue weighted by Crippen LogP contribution is 2.33. The molecule has 3 aromatic rings. The zero-order valence-corrected chi connectivity index (χ0v) is 20.5. The van der Waals surface area contributed by atoms with E-state index in [1.165, 1.54) is 18.2 Å². The van der Waals surface area contributed by atoms with E-state index in [-0.39, 0.29) is 32.4 Å². The third-order valence-electron chi connectivity index (χ3n) is 5.05. The summed E-state index contributed by atoms with van der Waals surface area (Å²) in [5.41, 5.74) is 2.46. The predicted octanol–water partition coefficient (Wildman–Crippen LogP) is 6.64. The monoisotopic (exact) mass is 533 g/mol. The standard InChI is InChI=1S/C24H15Cl4N3O3/c1-12-2-5-14(25)10-19(12)30-22(32)13-3-6-15(7-4-13)29-21-20(28)23(33)31(24(21)34)16-8-9-17(26)18(27)11-16/h2-11,29H,1H3,(H,30,32). The van der Waals surface area contributed by atoms with Crippen LogP contribution in [-0.2, 0) is 9.59 Å². The molecule has 0 atom stereocenters. The Labute approximate surface area is 215 Å². The van der Waals surface area contributed by atoms with Crippen LogP contribution in [0.2, 0.25) is 15.1 Å². The lowest BCUT2D eigenvalue weighted by Crippen LogP contribution is -2.32. The van der Waals surface area contributed by atoms with Gasteiger partial charge in [-0.2, -0.15) is 0 Å². The Morgan fingerprint density at radius 3 is 2.21 bits per heavy atom. The van der Waals surface area contributed by atoms with Gasteiger partial charge in [-0.3, -0.25) is 14.4 Å². The molecule has 0 radical (unpaired) electrons. The molecular weight excluding hydrogens is 520 g/mol. The van der Waals surface area contributed by atoms with Crippen molar-refractivity contribution in [3.05, 3.63) is 97.6 Å². The van der Waals surface area contributed by atoms with Crippen LogP contribution in [0.1, 0.15) is 15.9 Å². The largest absolute Gasteiger partial charge is 0.350 e. The van der Waals surface area contributed by atoms with Gasteiger partial charge in [0, 0.05) is 22.0 Å². The van der Waals surface area contributed by atoms with E-state index in [0.29, 0.717) is 22.0 Å². The van der Waals surface area contributed by atoms with Gasteiger partial charge in [-0.1, -0.05) is 52.5 Å². The Balaban J connectivity index is 1.50. The molecule has 172 valence electrons. The van der Waals surface area contributed by atoms with Crippen LogP contribution in [0.4, 0.5) is 17.1 Å². The molecule has 1 aliphatic rings. The topological polar surface area (TPSA) is 78.5 Å². The summed E-state index contributed by atoms with van der Waals surface area (Å²) in [6.07, 6.45) is 0. The van der Waals surface area contributed by atoms with Gasteiger partial charge in [-0.15, -0.1) is 0 Å². The van der Waals surface area contributed by atoms with E-state index >= 15 is 0 Å². The van der Waals surface area contributed by atoms with Gasteiger partial charge in [0.1, 0.15) is 10.7 Å². The second-order valence-corrected chi connectivity index (χ2v) is 8.98. The average molecular weight is 535 g/mol. The molecule has 10 heteroatoms. The molecule has 1 heterocycles. The van der Waals surface area contributed by atoms with Crippen LogP contribution in [0.5, 0.6) is 0 Å². The minimum absolute atomic E-state index is 0.0931. The molecular formula is C24H15Cl4N3O3. The first kappa shape index (κ1) is 24.1. The minimum atomic E-state index is -0.694. The fourth-order valence-corrected chi connectivity index (χ4v) is 3.92. The van der Waals surface area contributed by atoms with Crippen LogP contribution in [0.15, 0.2) is 71.4 Å². The molecule has 0 aromatic heterocycles. The number of halogens is 4. The van der Waals surface area contributed by atoms with E-state index in [1.807, 2.05) is 13.0 Å². The number of carbonyl (C=O) groups is 3. The first-order valence-electron chi connectivity index (χ1n) is 9.84. The molecule has 34 heavy (non-hydrogen) atoms. The van der Waals surface area contributed by atoms with Crippen LogP contribution in [0.3, 0.4) is 0 Å². The number of benzene rings is 3. The average Bonchev–Trinajstić information content (AvgIpc) is 3.01. The van der Waals surface area contributed by atoms with Crippen molar-refractivity contribution >= 4 is 81.2 Å². The Bertz CT molecular complexity index is 1370. The highest BCUT2D eigenvalue weighted by molar-refractivity contribution is 6.53. The lowest BCUT2D eigenvalue weighted by atomic mass is 10.1. The van der Waals surface area contributed by atoms with Gasteiger partial charge < -0.3 is 10.6 Å². The lowest BCUT2D eigenvalue weighted by molar-refractivity contribution is -0.120. The van der Waals surface area contributed by atoms with E-state index in [2.05, 4.69) is 10.6 Å². The van der Waals surface area contributed by atoms with E-state index in [4.69, 9.17) is 46.4 Å². The summed E-state index contributed by atoms with van der Waals surface area (Å²) in [5, 5.41) is 6.39. The molecule has 1 aliphatic heterocycles. The van der Waals surface area contributed by atoms with Crippen molar-refractivity contribution < 1.29 is 14.4 Å². The number of nitrogens with one attached hydrogen (secondary N) is 2. The number of hydrogen-bond acceptors (Lipinski definition) is 4. The summed E-state index contributed by atoms with van der Waals surface area (Å²) >= 11 is 24.1. The Morgan fingerprint density at radius 2 is 1.53 bits per heavy atom. The summed E-state index contributed by atoms with van der Waals surface area (Å²) in [5.74, 6) is -1.67. The molecule has 6 nitrogen and oxygen atoms in total. The number of rotatable bonds is 5. The molecule has 0 saturated carbocycles. The van der Waals surface area contributed by atoms with Crippen molar-refractivity contribution in [2.24, 2.45) is 0 Å². The number of anilines is 3. The van der Waals surface area contributed by atoms with Gasteiger partial charge >= 0.3 is 0 Å². The second-order valence-electron chi connectivity index (χ2n) is 7.35. The molecule has 0 spiro atoms. The van der Waals surface area contributed by atoms with Crippen molar-refractivity contribution in [3.63, 3.8) is 0 Å². The van der Waals surface area contributed by atoms with Gasteiger partial charge in [0.25, 0.3) is 17.7 Å². The summed E-state index contributed by atoms with van der Waals surface area (Å²) in [7, 11) is 0. The quantitative estimate of drug-likeness (QED) is 0.359. The highest BCUT2D eigenvalue weighted by atomic mass is 35.5. The molecule has 0 saturated heterocycles. The van der Waals surface area contributed by atoms with Crippen LogP contribution in [0, 0.1) is 6.92 Å². The van der Waals surface area contributed by atoms with Gasteiger partial charge in [0.05, 0.1) is 15.7 Å². The summed E-state index contributed by atoms with van der Waals surface area (Å²) in [6, 6.07) is 15.9. The number of nitrogens with zero attached hydrogens (tertiary/aromatic N) is 1. The fraction of sp³-hybridized carbons (Fsp3) is 0.0417. The summed E-state index contributed by atoms with van der Waals surface area (Å²) < 4.78 is 0. The smallest absolute Gasteiger partial charge is 0.283 e. The zero-order chi connectivity index (χ0) is 24.6. The molecule has 4 rings (SSSR count). The SMILES string of the molecule is Cc1ccc(Cl)cc1NC(=O)c1ccc(NC2=C(Cl)C(=O)N(c3ccc(Cl)c(Cl)c3)C2=O)cc1. The third kappa shape index (κ3) is 4.76. The first-order chi connectivity index (χ1) is 16.2. The third-order valence-corrected chi connectivity index (χ3v) is 6.38. The van der Waals surface area contributed by atoms with E-state index < -0.39 is 11.8 Å². The summed E-state index contributed by atoms with van der Waals surface area (Å²) in [6.45, 7) is 1.86. The maximum Gasteiger partial charge on any atom is 0.283 e. The van der Waals surface area contributed by atoms with Gasteiger partial charge in [0.2, 0.25) is 0 Å². The van der Waals surface area contributed by atoms with Crippen LogP contribution in [-0.4, -0.2) is 17.7 Å². The molecule has 0 fully saturated rings. The molecule has 3 aromatic carbocycles. The maximum atomic E-state index is 12.9. The minimum Gasteiger partial charge on any atom is -0.350 e. The zero-order valence-electron chi connectivity index (χ0n) is 17.5. The van der Waals surface area contributed by atoms with Crippen molar-refractivity contribution in [1.82, 2.24) is 0 Å². The number of imide groups is 1. The Hall–Kier alpha value is -3.03. The first-order valence-corrected chi connectivity index (χ1v) is 11.3. The predicted molar refractivity (Wildman–Crippen MR) is 136 cm³/mol. The van der Waals surface area contributed by atoms with Crippen LogP contribution >= 0.6 is 46.4 Å². The van der Waals surface area contributed by atoms with Crippen molar-refractivity contribution in [2.45, 2.75) is 6.92 Å². The van der Waals surface area contributed by atoms with Gasteiger partial charge in [0.15, 0.2) is 0 Å². The molecule has 3 amide bonds. The Kier molecular flexibility index (Phi) is 6.86. The van der Waals surface area contributed by atoms with Gasteiger partial charge in [-0.05, 0) is 67.1 Å². The lowest BCUT2D eigenvalue weighted by Gasteiger charge is -2.16. The number of aryl methyl sites for hydroxylation is 1. The van der Waals surface area contributed by atoms with Crippen molar-refractivity contribution in [3.8, 4) is 0 Å². The van der Waals surface area contributed by atoms with Crippen molar-refractivity contribution in [2.75, 3.05) is 15.5 Å².